The summed E-state index contributed by atoms with van der Waals surface area (Å²) in [7, 11) is 0. The second-order valence-electron chi connectivity index (χ2n) is 8.37. The molecule has 2 N–H and O–H groups in total. The Kier molecular flexibility index (Phi) is 5.71. The summed E-state index contributed by atoms with van der Waals surface area (Å²) < 4.78 is 6.32. The second kappa shape index (κ2) is 8.96. The largest absolute Gasteiger partial charge is 0.485 e. The summed E-state index contributed by atoms with van der Waals surface area (Å²) in [5.41, 5.74) is 3.48. The number of para-hydroxylation sites is 2. The molecule has 0 radical (unpaired) electrons. The molecular weight excluding hydrogens is 412 g/mol. The average Bonchev–Trinajstić information content (AvgIpc) is 2.86. The number of carboxylic acid groups (broad SMARTS) is 1. The minimum absolute atomic E-state index is 0.0588. The van der Waals surface area contributed by atoms with Crippen molar-refractivity contribution < 1.29 is 14.6 Å². The Morgan fingerprint density at radius 2 is 1.73 bits per heavy atom. The van der Waals surface area contributed by atoms with Gasteiger partial charge in [0, 0.05) is 18.3 Å². The van der Waals surface area contributed by atoms with Crippen LogP contribution in [0.2, 0.25) is 0 Å². The van der Waals surface area contributed by atoms with E-state index in [1.807, 2.05) is 36.4 Å². The van der Waals surface area contributed by atoms with Crippen LogP contribution in [0.4, 0.5) is 11.4 Å². The van der Waals surface area contributed by atoms with E-state index in [9.17, 15) is 9.90 Å². The van der Waals surface area contributed by atoms with E-state index in [1.54, 1.807) is 12.1 Å². The highest BCUT2D eigenvalue weighted by atomic mass is 16.5. The molecule has 1 aliphatic rings. The number of aromatic carboxylic acids is 1. The first-order valence-corrected chi connectivity index (χ1v) is 11.2. The summed E-state index contributed by atoms with van der Waals surface area (Å²) in [6.07, 6.45) is -0.0588. The van der Waals surface area contributed by atoms with E-state index in [-0.39, 0.29) is 17.7 Å². The highest BCUT2D eigenvalue weighted by Crippen LogP contribution is 2.38. The zero-order valence-corrected chi connectivity index (χ0v) is 18.4. The SMILES string of the molecule is C[C@@H](NCC1CN(c2ccc(C(=O)O)cc2)c2ccccc2O1)c1cccc2ccccc12. The predicted molar refractivity (Wildman–Crippen MR) is 132 cm³/mol. The van der Waals surface area contributed by atoms with Crippen LogP contribution in [-0.2, 0) is 0 Å². The minimum Gasteiger partial charge on any atom is -0.485 e. The Balaban J connectivity index is 1.35. The van der Waals surface area contributed by atoms with Gasteiger partial charge in [0.05, 0.1) is 17.8 Å². The molecule has 0 fully saturated rings. The van der Waals surface area contributed by atoms with E-state index in [0.29, 0.717) is 13.1 Å². The maximum absolute atomic E-state index is 11.2. The van der Waals surface area contributed by atoms with Crippen molar-refractivity contribution in [3.8, 4) is 5.75 Å². The maximum Gasteiger partial charge on any atom is 0.335 e. The number of rotatable bonds is 6. The van der Waals surface area contributed by atoms with Crippen molar-refractivity contribution in [3.63, 3.8) is 0 Å². The average molecular weight is 439 g/mol. The summed E-state index contributed by atoms with van der Waals surface area (Å²) in [5.74, 6) is -0.0934. The number of hydrogen-bond acceptors (Lipinski definition) is 4. The smallest absolute Gasteiger partial charge is 0.335 e. The number of carbonyl (C=O) groups is 1. The molecule has 0 aliphatic carbocycles. The van der Waals surface area contributed by atoms with E-state index in [4.69, 9.17) is 4.74 Å². The number of anilines is 2. The summed E-state index contributed by atoms with van der Waals surface area (Å²) >= 11 is 0. The molecule has 33 heavy (non-hydrogen) atoms. The molecular formula is C28H26N2O3. The van der Waals surface area contributed by atoms with Crippen molar-refractivity contribution in [2.24, 2.45) is 0 Å². The molecule has 2 atom stereocenters. The van der Waals surface area contributed by atoms with Gasteiger partial charge in [-0.1, -0.05) is 54.6 Å². The maximum atomic E-state index is 11.2. The number of carboxylic acids is 1. The summed E-state index contributed by atoms with van der Waals surface area (Å²) in [4.78, 5) is 13.4. The third-order valence-electron chi connectivity index (χ3n) is 6.20. The van der Waals surface area contributed by atoms with Gasteiger partial charge in [-0.3, -0.25) is 0 Å². The molecule has 0 amide bonds. The zero-order chi connectivity index (χ0) is 22.8. The Bertz CT molecular complexity index is 1280. The van der Waals surface area contributed by atoms with E-state index in [0.717, 1.165) is 17.1 Å². The monoisotopic (exact) mass is 438 g/mol. The molecule has 1 aliphatic heterocycles. The Morgan fingerprint density at radius 1 is 1.00 bits per heavy atom. The zero-order valence-electron chi connectivity index (χ0n) is 18.4. The van der Waals surface area contributed by atoms with Crippen molar-refractivity contribution in [2.45, 2.75) is 19.1 Å². The second-order valence-corrected chi connectivity index (χ2v) is 8.37. The lowest BCUT2D eigenvalue weighted by Crippen LogP contribution is -2.44. The molecule has 0 saturated heterocycles. The van der Waals surface area contributed by atoms with Crippen LogP contribution in [0, 0.1) is 0 Å². The lowest BCUT2D eigenvalue weighted by Gasteiger charge is -2.37. The highest BCUT2D eigenvalue weighted by molar-refractivity contribution is 5.88. The molecule has 5 rings (SSSR count). The van der Waals surface area contributed by atoms with Crippen LogP contribution in [0.5, 0.6) is 5.75 Å². The fourth-order valence-electron chi connectivity index (χ4n) is 4.48. The number of fused-ring (bicyclic) bond motifs is 2. The van der Waals surface area contributed by atoms with Crippen LogP contribution in [0.15, 0.2) is 91.0 Å². The van der Waals surface area contributed by atoms with Crippen molar-refractivity contribution in [2.75, 3.05) is 18.0 Å². The number of nitrogens with zero attached hydrogens (tertiary/aromatic N) is 1. The van der Waals surface area contributed by atoms with Gasteiger partial charge in [0.25, 0.3) is 0 Å². The summed E-state index contributed by atoms with van der Waals surface area (Å²) in [6.45, 7) is 3.53. The number of ether oxygens (including phenoxy) is 1. The number of benzene rings is 4. The van der Waals surface area contributed by atoms with Crippen LogP contribution >= 0.6 is 0 Å². The Hall–Kier alpha value is -3.83. The third-order valence-corrected chi connectivity index (χ3v) is 6.20. The van der Waals surface area contributed by atoms with E-state index < -0.39 is 5.97 Å². The van der Waals surface area contributed by atoms with Crippen LogP contribution < -0.4 is 15.0 Å². The fraction of sp³-hybridized carbons (Fsp3) is 0.179. The molecule has 0 aromatic heterocycles. The molecule has 1 unspecified atom stereocenters. The number of hydrogen-bond donors (Lipinski definition) is 2. The van der Waals surface area contributed by atoms with Crippen LogP contribution in [0.3, 0.4) is 0 Å². The predicted octanol–water partition coefficient (Wildman–Crippen LogP) is 5.79. The third kappa shape index (κ3) is 4.28. The first-order chi connectivity index (χ1) is 16.1. The van der Waals surface area contributed by atoms with Gasteiger partial charge < -0.3 is 20.1 Å². The topological polar surface area (TPSA) is 61.8 Å². The molecule has 166 valence electrons. The Morgan fingerprint density at radius 3 is 2.55 bits per heavy atom. The molecule has 4 aromatic carbocycles. The van der Waals surface area contributed by atoms with Crippen LogP contribution in [0.1, 0.15) is 28.9 Å². The van der Waals surface area contributed by atoms with Crippen LogP contribution in [-0.4, -0.2) is 30.3 Å². The minimum atomic E-state index is -0.923. The molecule has 0 saturated carbocycles. The molecule has 1 heterocycles. The first kappa shape index (κ1) is 21.0. The quantitative estimate of drug-likeness (QED) is 0.399. The summed E-state index contributed by atoms with van der Waals surface area (Å²) in [5, 5.41) is 15.4. The van der Waals surface area contributed by atoms with Gasteiger partial charge in [0.15, 0.2) is 0 Å². The normalized spacial score (nSPS) is 16.2. The van der Waals surface area contributed by atoms with Gasteiger partial charge in [0.2, 0.25) is 0 Å². The van der Waals surface area contributed by atoms with E-state index >= 15 is 0 Å². The van der Waals surface area contributed by atoms with Gasteiger partial charge >= 0.3 is 5.97 Å². The van der Waals surface area contributed by atoms with E-state index in [2.05, 4.69) is 59.6 Å². The molecule has 0 bridgehead atoms. The molecule has 5 heteroatoms. The van der Waals surface area contributed by atoms with Crippen molar-refractivity contribution in [1.82, 2.24) is 5.32 Å². The van der Waals surface area contributed by atoms with Crippen molar-refractivity contribution in [3.05, 3.63) is 102 Å². The highest BCUT2D eigenvalue weighted by Gasteiger charge is 2.27. The van der Waals surface area contributed by atoms with Gasteiger partial charge in [0.1, 0.15) is 11.9 Å². The van der Waals surface area contributed by atoms with Gasteiger partial charge in [-0.2, -0.15) is 0 Å². The molecule has 5 nitrogen and oxygen atoms in total. The van der Waals surface area contributed by atoms with Crippen LogP contribution in [0.25, 0.3) is 10.8 Å². The lowest BCUT2D eigenvalue weighted by atomic mass is 9.99. The fourth-order valence-corrected chi connectivity index (χ4v) is 4.48. The lowest BCUT2D eigenvalue weighted by molar-refractivity contribution is 0.0697. The first-order valence-electron chi connectivity index (χ1n) is 11.2. The number of nitrogens with one attached hydrogen (secondary N) is 1. The van der Waals surface area contributed by atoms with E-state index in [1.165, 1.54) is 16.3 Å². The molecule has 0 spiro atoms. The van der Waals surface area contributed by atoms with Gasteiger partial charge in [-0.15, -0.1) is 0 Å². The van der Waals surface area contributed by atoms with Crippen molar-refractivity contribution >= 4 is 28.1 Å². The summed E-state index contributed by atoms with van der Waals surface area (Å²) in [6, 6.07) is 30.0. The standard InChI is InChI=1S/C28H26N2O3/c1-19(24-10-6-8-20-7-2-3-9-25(20)24)29-17-23-18-30(26-11-4-5-12-27(26)33-23)22-15-13-21(14-16-22)28(31)32/h2-16,19,23,29H,17-18H2,1H3,(H,31,32)/t19-,23?/m1/s1. The van der Waals surface area contributed by atoms with Crippen molar-refractivity contribution in [1.29, 1.82) is 0 Å². The Labute approximate surface area is 193 Å². The van der Waals surface area contributed by atoms with Gasteiger partial charge in [-0.05, 0) is 59.7 Å². The molecule has 4 aromatic rings. The van der Waals surface area contributed by atoms with Gasteiger partial charge in [-0.25, -0.2) is 4.79 Å².